The smallest absolute Gasteiger partial charge is 0.408 e. The number of hydrogen-bond donors (Lipinski definition) is 4. The lowest BCUT2D eigenvalue weighted by atomic mass is 9.96. The predicted octanol–water partition coefficient (Wildman–Crippen LogP) is 5.98. The van der Waals surface area contributed by atoms with Crippen molar-refractivity contribution in [1.29, 1.82) is 0 Å². The highest BCUT2D eigenvalue weighted by atomic mass is 16.6. The molecule has 9 nitrogen and oxygen atoms in total. The third-order valence-corrected chi connectivity index (χ3v) is 7.55. The fraction of sp³-hybridized carbons (Fsp3) is 0.353. The van der Waals surface area contributed by atoms with Gasteiger partial charge in [0.1, 0.15) is 24.0 Å². The summed E-state index contributed by atoms with van der Waals surface area (Å²) in [7, 11) is 0. The van der Waals surface area contributed by atoms with Gasteiger partial charge in [-0.05, 0) is 74.4 Å². The van der Waals surface area contributed by atoms with Crippen molar-refractivity contribution in [1.82, 2.24) is 20.7 Å². The van der Waals surface area contributed by atoms with Gasteiger partial charge in [0, 0.05) is 17.1 Å². The highest BCUT2D eigenvalue weighted by Gasteiger charge is 2.54. The van der Waals surface area contributed by atoms with Crippen LogP contribution in [0.5, 0.6) is 5.75 Å². The van der Waals surface area contributed by atoms with Gasteiger partial charge < -0.3 is 24.9 Å². The molecule has 5 atom stereocenters. The zero-order valence-electron chi connectivity index (χ0n) is 25.0. The van der Waals surface area contributed by atoms with Gasteiger partial charge in [-0.2, -0.15) is 0 Å². The van der Waals surface area contributed by atoms with Gasteiger partial charge in [-0.15, -0.1) is 0 Å². The Labute approximate surface area is 252 Å². The minimum absolute atomic E-state index is 0.00278. The Hall–Kier alpha value is -4.34. The summed E-state index contributed by atoms with van der Waals surface area (Å²) in [5.74, 6) is -0.152. The highest BCUT2D eigenvalue weighted by Crippen LogP contribution is 2.33. The van der Waals surface area contributed by atoms with Gasteiger partial charge in [0.2, 0.25) is 0 Å². The summed E-state index contributed by atoms with van der Waals surface area (Å²) in [6.45, 7) is 7.95. The van der Waals surface area contributed by atoms with Crippen LogP contribution in [0.1, 0.15) is 56.7 Å². The van der Waals surface area contributed by atoms with Gasteiger partial charge in [0.25, 0.3) is 0 Å². The van der Waals surface area contributed by atoms with E-state index in [9.17, 15) is 14.7 Å². The first kappa shape index (κ1) is 30.1. The van der Waals surface area contributed by atoms with Crippen molar-refractivity contribution in [3.8, 4) is 5.75 Å². The maximum atomic E-state index is 12.8. The number of aromatic amines is 1. The zero-order valence-corrected chi connectivity index (χ0v) is 25.0. The largest absolute Gasteiger partial charge is 0.489 e. The second kappa shape index (κ2) is 12.9. The molecule has 0 aliphatic carbocycles. The molecular weight excluding hydrogens is 544 g/mol. The molecule has 226 valence electrons. The average Bonchev–Trinajstić information content (AvgIpc) is 3.48. The van der Waals surface area contributed by atoms with E-state index in [0.717, 1.165) is 33.3 Å². The molecule has 3 unspecified atom stereocenters. The fourth-order valence-corrected chi connectivity index (χ4v) is 5.39. The van der Waals surface area contributed by atoms with E-state index in [1.165, 1.54) is 0 Å². The number of carboxylic acids is 1. The number of nitrogens with zero attached hydrogens (tertiary/aromatic N) is 1. The summed E-state index contributed by atoms with van der Waals surface area (Å²) in [5, 5.41) is 15.7. The molecule has 43 heavy (non-hydrogen) atoms. The van der Waals surface area contributed by atoms with E-state index >= 15 is 0 Å². The molecule has 0 spiro atoms. The molecular formula is C34H40N4O5. The molecule has 4 aromatic rings. The van der Waals surface area contributed by atoms with Crippen molar-refractivity contribution >= 4 is 23.0 Å². The molecule has 1 aliphatic rings. The molecule has 2 heterocycles. The van der Waals surface area contributed by atoms with Crippen LogP contribution in [0.15, 0.2) is 85.1 Å². The summed E-state index contributed by atoms with van der Waals surface area (Å²) in [6, 6.07) is 24.9. The number of hydrogen-bond acceptors (Lipinski definition) is 6. The number of ether oxygens (including phenoxy) is 2. The molecule has 3 aromatic carbocycles. The lowest BCUT2D eigenvalue weighted by molar-refractivity contribution is -0.137. The van der Waals surface area contributed by atoms with Crippen molar-refractivity contribution in [2.45, 2.75) is 76.9 Å². The number of alkyl carbamates (subject to hydrolysis) is 1. The minimum Gasteiger partial charge on any atom is -0.489 e. The van der Waals surface area contributed by atoms with E-state index in [1.54, 1.807) is 25.8 Å². The molecule has 0 radical (unpaired) electrons. The second-order valence-corrected chi connectivity index (χ2v) is 12.1. The number of aromatic nitrogens is 1. The molecule has 4 N–H and O–H groups in total. The molecule has 1 amide bonds. The summed E-state index contributed by atoms with van der Waals surface area (Å²) >= 11 is 0. The van der Waals surface area contributed by atoms with Crippen LogP contribution < -0.4 is 15.5 Å². The molecule has 0 saturated carbocycles. The Bertz CT molecular complexity index is 1550. The lowest BCUT2D eigenvalue weighted by Gasteiger charge is -2.27. The van der Waals surface area contributed by atoms with Crippen molar-refractivity contribution in [2.24, 2.45) is 0 Å². The Morgan fingerprint density at radius 3 is 2.51 bits per heavy atom. The standard InChI is InChI=1S/C34H40N4O5/c1-22(24-13-10-14-26(18-24)42-21-23-11-6-5-7-12-23)17-30(36-33(41)43-34(2,3)4)37-38-29(31(38)32(39)40)19-25-20-35-28-16-9-8-15-27(25)28/h5-16,18,20,22,29-31,35,37H,17,19,21H2,1-4H3,(H,36,41)(H,39,40)/t22?,29-,30?,31-,38?/m0/s1. The molecule has 5 rings (SSSR count). The SMILES string of the molecule is CC(CC(NC(=O)OC(C)(C)C)NN1[C@H](C(=O)O)[C@@H]1Cc1c[nH]c2ccccc12)c1cccc(OCc2ccccc2)c1. The molecule has 1 aliphatic heterocycles. The van der Waals surface area contributed by atoms with Crippen LogP contribution in [-0.2, 0) is 22.6 Å². The van der Waals surface area contributed by atoms with Crippen LogP contribution in [0.4, 0.5) is 4.79 Å². The van der Waals surface area contributed by atoms with Gasteiger partial charge in [-0.1, -0.05) is 67.6 Å². The topological polar surface area (TPSA) is 116 Å². The summed E-state index contributed by atoms with van der Waals surface area (Å²) in [4.78, 5) is 28.3. The van der Waals surface area contributed by atoms with Crippen molar-refractivity contribution in [2.75, 3.05) is 0 Å². The number of benzene rings is 3. The van der Waals surface area contributed by atoms with E-state index in [-0.39, 0.29) is 12.0 Å². The van der Waals surface area contributed by atoms with Crippen molar-refractivity contribution in [3.05, 3.63) is 102 Å². The third kappa shape index (κ3) is 7.94. The molecule has 1 fully saturated rings. The van der Waals surface area contributed by atoms with Crippen LogP contribution in [0.3, 0.4) is 0 Å². The lowest BCUT2D eigenvalue weighted by Crippen LogP contribution is -2.50. The summed E-state index contributed by atoms with van der Waals surface area (Å²) in [5.41, 5.74) is 6.82. The minimum atomic E-state index is -0.912. The summed E-state index contributed by atoms with van der Waals surface area (Å²) in [6.07, 6.45) is 1.83. The Morgan fingerprint density at radius 2 is 1.77 bits per heavy atom. The Balaban J connectivity index is 1.29. The third-order valence-electron chi connectivity index (χ3n) is 7.55. The number of carboxylic acid groups (broad SMARTS) is 1. The van der Waals surface area contributed by atoms with E-state index < -0.39 is 29.9 Å². The Kier molecular flexibility index (Phi) is 9.03. The van der Waals surface area contributed by atoms with Crippen LogP contribution in [-0.4, -0.2) is 51.0 Å². The van der Waals surface area contributed by atoms with E-state index in [0.29, 0.717) is 19.4 Å². The highest BCUT2D eigenvalue weighted by molar-refractivity contribution is 5.84. The molecule has 1 aromatic heterocycles. The van der Waals surface area contributed by atoms with Crippen LogP contribution in [0.25, 0.3) is 10.9 Å². The first-order valence-corrected chi connectivity index (χ1v) is 14.7. The second-order valence-electron chi connectivity index (χ2n) is 12.1. The average molecular weight is 585 g/mol. The number of para-hydroxylation sites is 1. The fourth-order valence-electron chi connectivity index (χ4n) is 5.39. The van der Waals surface area contributed by atoms with Gasteiger partial charge in [0.05, 0.1) is 12.2 Å². The number of nitrogens with one attached hydrogen (secondary N) is 3. The molecule has 1 saturated heterocycles. The molecule has 9 heteroatoms. The van der Waals surface area contributed by atoms with Gasteiger partial charge in [0.15, 0.2) is 0 Å². The normalized spacial score (nSPS) is 19.4. The van der Waals surface area contributed by atoms with Crippen LogP contribution in [0, 0.1) is 0 Å². The number of rotatable bonds is 12. The van der Waals surface area contributed by atoms with Crippen molar-refractivity contribution in [3.63, 3.8) is 0 Å². The van der Waals surface area contributed by atoms with Gasteiger partial charge >= 0.3 is 12.1 Å². The number of fused-ring (bicyclic) bond motifs is 1. The number of hydrazine groups is 1. The predicted molar refractivity (Wildman–Crippen MR) is 166 cm³/mol. The van der Waals surface area contributed by atoms with E-state index in [2.05, 4.69) is 22.7 Å². The van der Waals surface area contributed by atoms with Crippen LogP contribution in [0.2, 0.25) is 0 Å². The van der Waals surface area contributed by atoms with Gasteiger partial charge in [-0.25, -0.2) is 15.2 Å². The molecule has 0 bridgehead atoms. The maximum Gasteiger partial charge on any atom is 0.408 e. The number of carbonyl (C=O) groups is 2. The zero-order chi connectivity index (χ0) is 30.6. The van der Waals surface area contributed by atoms with Crippen molar-refractivity contribution < 1.29 is 24.2 Å². The van der Waals surface area contributed by atoms with Gasteiger partial charge in [-0.3, -0.25) is 4.79 Å². The number of amides is 1. The summed E-state index contributed by atoms with van der Waals surface area (Å²) < 4.78 is 11.6. The maximum absolute atomic E-state index is 12.8. The first-order valence-electron chi connectivity index (χ1n) is 14.7. The monoisotopic (exact) mass is 584 g/mol. The van der Waals surface area contributed by atoms with E-state index in [4.69, 9.17) is 9.47 Å². The van der Waals surface area contributed by atoms with E-state index in [1.807, 2.05) is 85.1 Å². The first-order chi connectivity index (χ1) is 20.6. The number of carbonyl (C=O) groups excluding carboxylic acids is 1. The Morgan fingerprint density at radius 1 is 1.02 bits per heavy atom. The number of aliphatic carboxylic acids is 1. The quantitative estimate of drug-likeness (QED) is 0.120. The number of H-pyrrole nitrogens is 1. The van der Waals surface area contributed by atoms with Crippen LogP contribution >= 0.6 is 0 Å².